The second-order valence-corrected chi connectivity index (χ2v) is 6.49. The highest BCUT2D eigenvalue weighted by Crippen LogP contribution is 2.24. The Morgan fingerprint density at radius 1 is 1.24 bits per heavy atom. The van der Waals surface area contributed by atoms with Crippen LogP contribution in [0.2, 0.25) is 0 Å². The van der Waals surface area contributed by atoms with Gasteiger partial charge in [-0.3, -0.25) is 9.20 Å². The Bertz CT molecular complexity index is 1030. The summed E-state index contributed by atoms with van der Waals surface area (Å²) in [5.41, 5.74) is 2.46. The van der Waals surface area contributed by atoms with Crippen LogP contribution >= 0.6 is 15.9 Å². The van der Waals surface area contributed by atoms with E-state index in [0.29, 0.717) is 17.0 Å². The van der Waals surface area contributed by atoms with Gasteiger partial charge in [0.25, 0.3) is 5.91 Å². The molecule has 128 valence electrons. The summed E-state index contributed by atoms with van der Waals surface area (Å²) in [5, 5.41) is 21.3. The molecule has 0 aliphatic heterocycles. The first kappa shape index (κ1) is 17.0. The van der Waals surface area contributed by atoms with Crippen molar-refractivity contribution in [2.75, 3.05) is 5.32 Å². The predicted octanol–water partition coefficient (Wildman–Crippen LogP) is 3.37. The van der Waals surface area contributed by atoms with E-state index in [1.807, 2.05) is 13.0 Å². The molecule has 0 aliphatic carbocycles. The zero-order chi connectivity index (χ0) is 18.3. The van der Waals surface area contributed by atoms with Gasteiger partial charge in [0.1, 0.15) is 22.7 Å². The van der Waals surface area contributed by atoms with Crippen LogP contribution in [0.5, 0.6) is 5.75 Å². The van der Waals surface area contributed by atoms with Gasteiger partial charge in [-0.05, 0) is 59.6 Å². The molecule has 3 N–H and O–H groups in total. The maximum absolute atomic E-state index is 12.7. The van der Waals surface area contributed by atoms with Crippen LogP contribution in [-0.4, -0.2) is 31.5 Å². The molecule has 0 atom stereocenters. The first-order chi connectivity index (χ1) is 11.8. The van der Waals surface area contributed by atoms with Gasteiger partial charge in [-0.2, -0.15) is 0 Å². The summed E-state index contributed by atoms with van der Waals surface area (Å²) < 4.78 is 2.49. The lowest BCUT2D eigenvalue weighted by atomic mass is 10.1. The summed E-state index contributed by atoms with van der Waals surface area (Å²) in [7, 11) is 0. The number of carboxylic acid groups (broad SMARTS) is 1. The molecule has 2 heterocycles. The van der Waals surface area contributed by atoms with E-state index in [1.54, 1.807) is 17.5 Å². The smallest absolute Gasteiger partial charge is 0.339 e. The van der Waals surface area contributed by atoms with E-state index in [4.69, 9.17) is 5.11 Å². The standard InChI is InChI=1S/C17H14BrN3O4/c1-8-5-10(18)7-21-14(9(2)19-15(8)21)16(23)20-11-3-4-13(22)12(6-11)17(24)25/h3-7,22H,1-2H3,(H,20,23)(H,24,25). The Morgan fingerprint density at radius 3 is 2.64 bits per heavy atom. The van der Waals surface area contributed by atoms with Gasteiger partial charge in [-0.15, -0.1) is 0 Å². The van der Waals surface area contributed by atoms with Crippen molar-refractivity contribution in [3.05, 3.63) is 57.4 Å². The maximum Gasteiger partial charge on any atom is 0.339 e. The van der Waals surface area contributed by atoms with E-state index in [1.165, 1.54) is 18.2 Å². The molecular weight excluding hydrogens is 390 g/mol. The van der Waals surface area contributed by atoms with E-state index in [-0.39, 0.29) is 17.0 Å². The van der Waals surface area contributed by atoms with Gasteiger partial charge in [0.2, 0.25) is 0 Å². The molecule has 25 heavy (non-hydrogen) atoms. The molecule has 1 aromatic carbocycles. The minimum absolute atomic E-state index is 0.265. The van der Waals surface area contributed by atoms with Crippen molar-refractivity contribution in [2.45, 2.75) is 13.8 Å². The number of anilines is 1. The maximum atomic E-state index is 12.7. The number of nitrogens with one attached hydrogen (secondary N) is 1. The van der Waals surface area contributed by atoms with Crippen LogP contribution in [0.25, 0.3) is 5.65 Å². The fraction of sp³-hybridized carbons (Fsp3) is 0.118. The second-order valence-electron chi connectivity index (χ2n) is 5.57. The Labute approximate surface area is 151 Å². The molecule has 0 radical (unpaired) electrons. The van der Waals surface area contributed by atoms with Gasteiger partial charge < -0.3 is 15.5 Å². The quantitative estimate of drug-likeness (QED) is 0.581. The molecule has 8 heteroatoms. The van der Waals surface area contributed by atoms with Gasteiger partial charge in [0.05, 0.1) is 5.69 Å². The number of nitrogens with zero attached hydrogens (tertiary/aromatic N) is 2. The summed E-state index contributed by atoms with van der Waals surface area (Å²) in [6.45, 7) is 3.63. The number of amides is 1. The lowest BCUT2D eigenvalue weighted by Crippen LogP contribution is -2.16. The molecule has 0 fully saturated rings. The Balaban J connectivity index is 2.03. The van der Waals surface area contributed by atoms with Crippen molar-refractivity contribution in [1.29, 1.82) is 0 Å². The van der Waals surface area contributed by atoms with E-state index >= 15 is 0 Å². The fourth-order valence-electron chi connectivity index (χ4n) is 2.63. The third kappa shape index (κ3) is 3.08. The molecule has 0 aliphatic rings. The van der Waals surface area contributed by atoms with Gasteiger partial charge >= 0.3 is 5.97 Å². The van der Waals surface area contributed by atoms with Crippen molar-refractivity contribution in [3.8, 4) is 5.75 Å². The first-order valence-corrected chi connectivity index (χ1v) is 8.09. The molecule has 0 bridgehead atoms. The van der Waals surface area contributed by atoms with Gasteiger partial charge in [0.15, 0.2) is 0 Å². The van der Waals surface area contributed by atoms with Crippen molar-refractivity contribution >= 4 is 39.1 Å². The number of benzene rings is 1. The third-order valence-corrected chi connectivity index (χ3v) is 4.18. The van der Waals surface area contributed by atoms with Crippen LogP contribution < -0.4 is 5.32 Å². The average Bonchev–Trinajstić information content (AvgIpc) is 2.85. The summed E-state index contributed by atoms with van der Waals surface area (Å²) in [6.07, 6.45) is 1.75. The van der Waals surface area contributed by atoms with Crippen LogP contribution in [0.3, 0.4) is 0 Å². The summed E-state index contributed by atoms with van der Waals surface area (Å²) in [4.78, 5) is 28.2. The highest BCUT2D eigenvalue weighted by molar-refractivity contribution is 9.10. The topological polar surface area (TPSA) is 104 Å². The number of rotatable bonds is 3. The lowest BCUT2D eigenvalue weighted by molar-refractivity contribution is 0.0693. The van der Waals surface area contributed by atoms with E-state index < -0.39 is 11.9 Å². The Morgan fingerprint density at radius 2 is 1.96 bits per heavy atom. The van der Waals surface area contributed by atoms with E-state index in [0.717, 1.165) is 10.0 Å². The number of phenols is 1. The van der Waals surface area contributed by atoms with Gasteiger partial charge in [-0.25, -0.2) is 9.78 Å². The zero-order valence-electron chi connectivity index (χ0n) is 13.4. The van der Waals surface area contributed by atoms with Crippen LogP contribution in [-0.2, 0) is 0 Å². The molecule has 0 spiro atoms. The average molecular weight is 404 g/mol. The Hall–Kier alpha value is -2.87. The number of pyridine rings is 1. The third-order valence-electron chi connectivity index (χ3n) is 3.74. The number of hydrogen-bond acceptors (Lipinski definition) is 4. The monoisotopic (exact) mass is 403 g/mol. The highest BCUT2D eigenvalue weighted by atomic mass is 79.9. The van der Waals surface area contributed by atoms with Crippen molar-refractivity contribution < 1.29 is 19.8 Å². The molecule has 0 saturated carbocycles. The van der Waals surface area contributed by atoms with Crippen LogP contribution in [0.1, 0.15) is 32.1 Å². The van der Waals surface area contributed by atoms with Gasteiger partial charge in [-0.1, -0.05) is 0 Å². The molecule has 1 amide bonds. The first-order valence-electron chi connectivity index (χ1n) is 7.30. The molecule has 0 saturated heterocycles. The number of carbonyl (C=O) groups excluding carboxylic acids is 1. The van der Waals surface area contributed by atoms with E-state index in [9.17, 15) is 14.7 Å². The molecule has 2 aromatic heterocycles. The molecule has 7 nitrogen and oxygen atoms in total. The number of halogens is 1. The van der Waals surface area contributed by atoms with Crippen LogP contribution in [0.15, 0.2) is 34.9 Å². The molecule has 0 unspecified atom stereocenters. The molecular formula is C17H14BrN3O4. The minimum Gasteiger partial charge on any atom is -0.507 e. The number of hydrogen-bond donors (Lipinski definition) is 3. The number of imidazole rings is 1. The number of fused-ring (bicyclic) bond motifs is 1. The fourth-order valence-corrected chi connectivity index (χ4v) is 3.18. The molecule has 3 aromatic rings. The lowest BCUT2D eigenvalue weighted by Gasteiger charge is -2.08. The normalized spacial score (nSPS) is 10.8. The second kappa shape index (κ2) is 6.21. The predicted molar refractivity (Wildman–Crippen MR) is 95.4 cm³/mol. The minimum atomic E-state index is -1.28. The largest absolute Gasteiger partial charge is 0.507 e. The summed E-state index contributed by atoms with van der Waals surface area (Å²) in [6, 6.07) is 5.76. The number of aromatic nitrogens is 2. The number of aromatic hydroxyl groups is 1. The Kier molecular flexibility index (Phi) is 4.22. The number of carboxylic acids is 1. The van der Waals surface area contributed by atoms with Crippen molar-refractivity contribution in [3.63, 3.8) is 0 Å². The number of aryl methyl sites for hydroxylation is 2. The zero-order valence-corrected chi connectivity index (χ0v) is 15.0. The molecule has 3 rings (SSSR count). The summed E-state index contributed by atoms with van der Waals surface area (Å²) >= 11 is 3.40. The van der Waals surface area contributed by atoms with Crippen molar-refractivity contribution in [2.24, 2.45) is 0 Å². The van der Waals surface area contributed by atoms with Gasteiger partial charge in [0, 0.05) is 16.4 Å². The number of carbonyl (C=O) groups is 2. The number of aromatic carboxylic acids is 1. The van der Waals surface area contributed by atoms with Crippen LogP contribution in [0.4, 0.5) is 5.69 Å². The van der Waals surface area contributed by atoms with Crippen molar-refractivity contribution in [1.82, 2.24) is 9.38 Å². The SMILES string of the molecule is Cc1nc2c(C)cc(Br)cn2c1C(=O)Nc1ccc(O)c(C(=O)O)c1. The summed E-state index contributed by atoms with van der Waals surface area (Å²) in [5.74, 6) is -2.07. The highest BCUT2D eigenvalue weighted by Gasteiger charge is 2.19. The van der Waals surface area contributed by atoms with E-state index in [2.05, 4.69) is 26.2 Å². The van der Waals surface area contributed by atoms with Crippen LogP contribution in [0, 0.1) is 13.8 Å².